The molecule has 2 atom stereocenters. The highest BCUT2D eigenvalue weighted by Gasteiger charge is 2.12. The summed E-state index contributed by atoms with van der Waals surface area (Å²) in [6, 6.07) is 7.25. The molecular formula is C12H17ClN2O. The van der Waals surface area contributed by atoms with E-state index in [0.29, 0.717) is 11.4 Å². The zero-order valence-electron chi connectivity index (χ0n) is 9.53. The lowest BCUT2D eigenvalue weighted by atomic mass is 10.1. The molecule has 0 radical (unpaired) electrons. The molecule has 4 heteroatoms. The SMILES string of the molecule is CC(N)CC(=O)NC(C)c1ccccc1Cl. The lowest BCUT2D eigenvalue weighted by Gasteiger charge is -2.16. The van der Waals surface area contributed by atoms with Crippen LogP contribution in [0.3, 0.4) is 0 Å². The first-order chi connectivity index (χ1) is 7.50. The first-order valence-corrected chi connectivity index (χ1v) is 5.68. The number of amides is 1. The number of halogens is 1. The number of hydrogen-bond donors (Lipinski definition) is 2. The zero-order chi connectivity index (χ0) is 12.1. The smallest absolute Gasteiger partial charge is 0.222 e. The van der Waals surface area contributed by atoms with Gasteiger partial charge in [0.25, 0.3) is 0 Å². The van der Waals surface area contributed by atoms with Gasteiger partial charge in [-0.1, -0.05) is 29.8 Å². The van der Waals surface area contributed by atoms with Crippen LogP contribution in [0.1, 0.15) is 31.9 Å². The number of benzene rings is 1. The Hall–Kier alpha value is -1.06. The van der Waals surface area contributed by atoms with Crippen molar-refractivity contribution in [2.24, 2.45) is 5.73 Å². The molecule has 16 heavy (non-hydrogen) atoms. The fourth-order valence-electron chi connectivity index (χ4n) is 1.50. The molecule has 3 N–H and O–H groups in total. The summed E-state index contributed by atoms with van der Waals surface area (Å²) in [4.78, 5) is 11.5. The van der Waals surface area contributed by atoms with Crippen molar-refractivity contribution >= 4 is 17.5 Å². The molecule has 0 saturated carbocycles. The van der Waals surface area contributed by atoms with Gasteiger partial charge in [-0.05, 0) is 25.5 Å². The van der Waals surface area contributed by atoms with Crippen LogP contribution >= 0.6 is 11.6 Å². The Kier molecular flexibility index (Phi) is 4.77. The van der Waals surface area contributed by atoms with E-state index in [4.69, 9.17) is 17.3 Å². The van der Waals surface area contributed by atoms with E-state index in [0.717, 1.165) is 5.56 Å². The van der Waals surface area contributed by atoms with E-state index < -0.39 is 0 Å². The van der Waals surface area contributed by atoms with E-state index in [1.165, 1.54) is 0 Å². The number of nitrogens with two attached hydrogens (primary N) is 1. The van der Waals surface area contributed by atoms with Crippen LogP contribution in [0.15, 0.2) is 24.3 Å². The molecule has 0 saturated heterocycles. The minimum absolute atomic E-state index is 0.0533. The van der Waals surface area contributed by atoms with E-state index in [2.05, 4.69) is 5.32 Å². The van der Waals surface area contributed by atoms with Crippen molar-refractivity contribution in [2.75, 3.05) is 0 Å². The molecule has 0 aromatic heterocycles. The van der Waals surface area contributed by atoms with Crippen LogP contribution in [0.2, 0.25) is 5.02 Å². The van der Waals surface area contributed by atoms with Crippen molar-refractivity contribution in [3.63, 3.8) is 0 Å². The summed E-state index contributed by atoms with van der Waals surface area (Å²) in [5, 5.41) is 3.53. The van der Waals surface area contributed by atoms with Crippen molar-refractivity contribution in [3.05, 3.63) is 34.9 Å². The summed E-state index contributed by atoms with van der Waals surface area (Å²) in [6.45, 7) is 3.71. The van der Waals surface area contributed by atoms with Crippen LogP contribution in [0, 0.1) is 0 Å². The fourth-order valence-corrected chi connectivity index (χ4v) is 1.80. The number of carbonyl (C=O) groups excluding carboxylic acids is 1. The van der Waals surface area contributed by atoms with Gasteiger partial charge in [0.1, 0.15) is 0 Å². The van der Waals surface area contributed by atoms with Crippen LogP contribution < -0.4 is 11.1 Å². The van der Waals surface area contributed by atoms with Gasteiger partial charge in [-0.25, -0.2) is 0 Å². The molecule has 0 aliphatic carbocycles. The third-order valence-electron chi connectivity index (χ3n) is 2.26. The summed E-state index contributed by atoms with van der Waals surface area (Å²) in [7, 11) is 0. The maximum Gasteiger partial charge on any atom is 0.222 e. The highest BCUT2D eigenvalue weighted by molar-refractivity contribution is 6.31. The number of carbonyl (C=O) groups is 1. The monoisotopic (exact) mass is 240 g/mol. The standard InChI is InChI=1S/C12H17ClN2O/c1-8(14)7-12(16)15-9(2)10-5-3-4-6-11(10)13/h3-6,8-9H,7,14H2,1-2H3,(H,15,16). The largest absolute Gasteiger partial charge is 0.349 e. The van der Waals surface area contributed by atoms with Crippen molar-refractivity contribution in [1.29, 1.82) is 0 Å². The normalized spacial score (nSPS) is 14.2. The molecule has 1 amide bonds. The maximum absolute atomic E-state index is 11.5. The lowest BCUT2D eigenvalue weighted by molar-refractivity contribution is -0.121. The third kappa shape index (κ3) is 3.83. The minimum atomic E-state index is -0.126. The highest BCUT2D eigenvalue weighted by Crippen LogP contribution is 2.22. The number of rotatable bonds is 4. The average molecular weight is 241 g/mol. The van der Waals surface area contributed by atoms with Crippen molar-refractivity contribution < 1.29 is 4.79 Å². The maximum atomic E-state index is 11.5. The Morgan fingerprint density at radius 3 is 2.62 bits per heavy atom. The van der Waals surface area contributed by atoms with Gasteiger partial charge in [-0.3, -0.25) is 4.79 Å². The van der Waals surface area contributed by atoms with Crippen LogP contribution in [0.25, 0.3) is 0 Å². The molecule has 2 unspecified atom stereocenters. The molecule has 1 rings (SSSR count). The number of hydrogen-bond acceptors (Lipinski definition) is 2. The van der Waals surface area contributed by atoms with Gasteiger partial charge >= 0.3 is 0 Å². The molecule has 0 aliphatic rings. The second-order valence-corrected chi connectivity index (χ2v) is 4.40. The van der Waals surface area contributed by atoms with Gasteiger partial charge in [-0.2, -0.15) is 0 Å². The summed E-state index contributed by atoms with van der Waals surface area (Å²) in [5.41, 5.74) is 6.47. The molecule has 88 valence electrons. The second kappa shape index (κ2) is 5.87. The predicted molar refractivity (Wildman–Crippen MR) is 66.3 cm³/mol. The van der Waals surface area contributed by atoms with E-state index in [1.807, 2.05) is 31.2 Å². The molecular weight excluding hydrogens is 224 g/mol. The van der Waals surface area contributed by atoms with Crippen LogP contribution in [-0.4, -0.2) is 11.9 Å². The molecule has 0 bridgehead atoms. The lowest BCUT2D eigenvalue weighted by Crippen LogP contribution is -2.31. The van der Waals surface area contributed by atoms with Gasteiger partial charge in [0.15, 0.2) is 0 Å². The van der Waals surface area contributed by atoms with Crippen LogP contribution in [-0.2, 0) is 4.79 Å². The topological polar surface area (TPSA) is 55.1 Å². The van der Waals surface area contributed by atoms with Crippen LogP contribution in [0.5, 0.6) is 0 Å². The Morgan fingerprint density at radius 1 is 1.44 bits per heavy atom. The van der Waals surface area contributed by atoms with Gasteiger partial charge in [-0.15, -0.1) is 0 Å². The van der Waals surface area contributed by atoms with E-state index in [-0.39, 0.29) is 18.0 Å². The molecule has 0 heterocycles. The molecule has 0 aliphatic heterocycles. The first-order valence-electron chi connectivity index (χ1n) is 5.30. The molecule has 0 spiro atoms. The summed E-state index contributed by atoms with van der Waals surface area (Å²) >= 11 is 6.03. The fraction of sp³-hybridized carbons (Fsp3) is 0.417. The summed E-state index contributed by atoms with van der Waals surface area (Å²) in [6.07, 6.45) is 0.328. The Labute approximate surface area is 101 Å². The zero-order valence-corrected chi connectivity index (χ0v) is 10.3. The Bertz CT molecular complexity index is 366. The molecule has 1 aromatic rings. The predicted octanol–water partition coefficient (Wildman–Crippen LogP) is 2.25. The molecule has 0 fully saturated rings. The third-order valence-corrected chi connectivity index (χ3v) is 2.60. The molecule has 3 nitrogen and oxygen atoms in total. The molecule has 1 aromatic carbocycles. The number of nitrogens with one attached hydrogen (secondary N) is 1. The Morgan fingerprint density at radius 2 is 2.06 bits per heavy atom. The van der Waals surface area contributed by atoms with Crippen molar-refractivity contribution in [1.82, 2.24) is 5.32 Å². The van der Waals surface area contributed by atoms with E-state index >= 15 is 0 Å². The minimum Gasteiger partial charge on any atom is -0.349 e. The van der Waals surface area contributed by atoms with Gasteiger partial charge in [0.2, 0.25) is 5.91 Å². The first kappa shape index (κ1) is 13.0. The summed E-state index contributed by atoms with van der Waals surface area (Å²) in [5.74, 6) is -0.0533. The second-order valence-electron chi connectivity index (χ2n) is 3.99. The summed E-state index contributed by atoms with van der Waals surface area (Å²) < 4.78 is 0. The van der Waals surface area contributed by atoms with Crippen molar-refractivity contribution in [2.45, 2.75) is 32.4 Å². The quantitative estimate of drug-likeness (QED) is 0.848. The average Bonchev–Trinajstić information content (AvgIpc) is 2.16. The van der Waals surface area contributed by atoms with E-state index in [9.17, 15) is 4.79 Å². The van der Waals surface area contributed by atoms with Gasteiger partial charge in [0.05, 0.1) is 6.04 Å². The van der Waals surface area contributed by atoms with Gasteiger partial charge < -0.3 is 11.1 Å². The van der Waals surface area contributed by atoms with E-state index in [1.54, 1.807) is 6.92 Å². The van der Waals surface area contributed by atoms with Crippen molar-refractivity contribution in [3.8, 4) is 0 Å². The highest BCUT2D eigenvalue weighted by atomic mass is 35.5. The van der Waals surface area contributed by atoms with Gasteiger partial charge in [0, 0.05) is 17.5 Å². The van der Waals surface area contributed by atoms with Crippen LogP contribution in [0.4, 0.5) is 0 Å². The Balaban J connectivity index is 2.62.